The summed E-state index contributed by atoms with van der Waals surface area (Å²) in [5.41, 5.74) is 6.09. The van der Waals surface area contributed by atoms with Crippen LogP contribution in [0.25, 0.3) is 0 Å². The molecule has 0 aromatic heterocycles. The van der Waals surface area contributed by atoms with Gasteiger partial charge in [0.05, 0.1) is 4.90 Å². The van der Waals surface area contributed by atoms with Gasteiger partial charge in [0, 0.05) is 43.3 Å². The Labute approximate surface area is 133 Å². The molecule has 116 valence electrons. The van der Waals surface area contributed by atoms with Gasteiger partial charge in [-0.1, -0.05) is 0 Å². The van der Waals surface area contributed by atoms with Gasteiger partial charge >= 0.3 is 0 Å². The summed E-state index contributed by atoms with van der Waals surface area (Å²) in [4.78, 5) is 13.2. The quantitative estimate of drug-likeness (QED) is 0.788. The molecule has 0 bridgehead atoms. The molecule has 0 unspecified atom stereocenters. The zero-order valence-electron chi connectivity index (χ0n) is 11.8. The summed E-state index contributed by atoms with van der Waals surface area (Å²) in [6.07, 6.45) is 0.624. The van der Waals surface area contributed by atoms with Crippen LogP contribution in [0.2, 0.25) is 0 Å². The second-order valence-corrected chi connectivity index (χ2v) is 7.71. The van der Waals surface area contributed by atoms with Crippen molar-refractivity contribution in [1.82, 2.24) is 9.21 Å². The lowest BCUT2D eigenvalue weighted by Gasteiger charge is -2.21. The first-order chi connectivity index (χ1) is 9.82. The number of amides is 1. The molecule has 1 amide bonds. The Balaban J connectivity index is 2.27. The van der Waals surface area contributed by atoms with E-state index in [4.69, 9.17) is 5.73 Å². The van der Waals surface area contributed by atoms with E-state index in [1.54, 1.807) is 17.0 Å². The minimum absolute atomic E-state index is 0.0283. The molecule has 1 heterocycles. The van der Waals surface area contributed by atoms with Crippen LogP contribution in [-0.4, -0.2) is 49.7 Å². The number of nitrogens with two attached hydrogens (primary N) is 1. The van der Waals surface area contributed by atoms with Crippen molar-refractivity contribution in [3.8, 4) is 0 Å². The maximum absolute atomic E-state index is 12.7. The van der Waals surface area contributed by atoms with Crippen LogP contribution < -0.4 is 5.73 Å². The van der Waals surface area contributed by atoms with Crippen molar-refractivity contribution in [2.45, 2.75) is 18.2 Å². The lowest BCUT2D eigenvalue weighted by Crippen LogP contribution is -2.36. The van der Waals surface area contributed by atoms with E-state index in [-0.39, 0.29) is 10.8 Å². The van der Waals surface area contributed by atoms with Crippen molar-refractivity contribution in [3.05, 3.63) is 22.7 Å². The van der Waals surface area contributed by atoms with Crippen LogP contribution in [0.3, 0.4) is 0 Å². The molecule has 1 aromatic rings. The fraction of sp³-hybridized carbons (Fsp3) is 0.462. The summed E-state index contributed by atoms with van der Waals surface area (Å²) >= 11 is 3.26. The number of halogens is 1. The van der Waals surface area contributed by atoms with E-state index in [0.717, 1.165) is 0 Å². The van der Waals surface area contributed by atoms with Crippen molar-refractivity contribution in [2.75, 3.05) is 31.9 Å². The third kappa shape index (κ3) is 3.56. The number of nitrogen functional groups attached to an aromatic ring is 1. The molecule has 8 heteroatoms. The predicted octanol–water partition coefficient (Wildman–Crippen LogP) is 1.27. The van der Waals surface area contributed by atoms with E-state index in [1.807, 2.05) is 0 Å². The van der Waals surface area contributed by atoms with Crippen molar-refractivity contribution in [1.29, 1.82) is 0 Å². The Morgan fingerprint density at radius 2 is 1.95 bits per heavy atom. The highest BCUT2D eigenvalue weighted by atomic mass is 79.9. The molecule has 0 aliphatic carbocycles. The topological polar surface area (TPSA) is 83.7 Å². The summed E-state index contributed by atoms with van der Waals surface area (Å²) in [6.45, 7) is 3.18. The van der Waals surface area contributed by atoms with Crippen molar-refractivity contribution < 1.29 is 13.2 Å². The highest BCUT2D eigenvalue weighted by Gasteiger charge is 2.29. The van der Waals surface area contributed by atoms with Gasteiger partial charge in [0.15, 0.2) is 0 Å². The summed E-state index contributed by atoms with van der Waals surface area (Å²) in [6, 6.07) is 4.72. The van der Waals surface area contributed by atoms with Crippen LogP contribution in [0.5, 0.6) is 0 Å². The lowest BCUT2D eigenvalue weighted by atomic mass is 10.3. The maximum Gasteiger partial charge on any atom is 0.244 e. The first kappa shape index (κ1) is 16.3. The van der Waals surface area contributed by atoms with Gasteiger partial charge in [-0.05, 0) is 40.5 Å². The Morgan fingerprint density at radius 3 is 2.62 bits per heavy atom. The molecule has 21 heavy (non-hydrogen) atoms. The first-order valence-electron chi connectivity index (χ1n) is 6.63. The highest BCUT2D eigenvalue weighted by molar-refractivity contribution is 9.10. The summed E-state index contributed by atoms with van der Waals surface area (Å²) in [7, 11) is -3.62. The zero-order chi connectivity index (χ0) is 15.6. The Bertz CT molecular complexity index is 648. The molecule has 0 radical (unpaired) electrons. The second kappa shape index (κ2) is 6.33. The van der Waals surface area contributed by atoms with Gasteiger partial charge in [0.2, 0.25) is 15.9 Å². The minimum atomic E-state index is -3.62. The van der Waals surface area contributed by atoms with Crippen LogP contribution in [0.1, 0.15) is 13.3 Å². The molecule has 1 aromatic carbocycles. The molecule has 2 rings (SSSR count). The fourth-order valence-corrected chi connectivity index (χ4v) is 4.74. The second-order valence-electron chi connectivity index (χ2n) is 4.95. The molecule has 0 atom stereocenters. The number of carbonyl (C=O) groups is 1. The number of rotatable bonds is 2. The van der Waals surface area contributed by atoms with Crippen LogP contribution in [-0.2, 0) is 14.8 Å². The number of nitrogens with zero attached hydrogens (tertiary/aromatic N) is 2. The average molecular weight is 376 g/mol. The van der Waals surface area contributed by atoms with Gasteiger partial charge in [0.1, 0.15) is 0 Å². The number of sulfonamides is 1. The Hall–Kier alpha value is -1.12. The molecule has 0 saturated carbocycles. The van der Waals surface area contributed by atoms with E-state index in [9.17, 15) is 13.2 Å². The van der Waals surface area contributed by atoms with E-state index in [2.05, 4.69) is 15.9 Å². The van der Waals surface area contributed by atoms with Gasteiger partial charge in [0.25, 0.3) is 0 Å². The largest absolute Gasteiger partial charge is 0.399 e. The van der Waals surface area contributed by atoms with Crippen molar-refractivity contribution >= 4 is 37.5 Å². The number of hydrogen-bond donors (Lipinski definition) is 1. The molecule has 1 aliphatic rings. The van der Waals surface area contributed by atoms with E-state index in [0.29, 0.717) is 42.8 Å². The van der Waals surface area contributed by atoms with Crippen molar-refractivity contribution in [2.24, 2.45) is 0 Å². The van der Waals surface area contributed by atoms with Crippen LogP contribution in [0, 0.1) is 0 Å². The van der Waals surface area contributed by atoms with E-state index < -0.39 is 10.0 Å². The number of carbonyl (C=O) groups excluding carboxylic acids is 1. The van der Waals surface area contributed by atoms with Gasteiger partial charge < -0.3 is 10.6 Å². The van der Waals surface area contributed by atoms with Gasteiger partial charge in [-0.3, -0.25) is 4.79 Å². The number of benzene rings is 1. The minimum Gasteiger partial charge on any atom is -0.399 e. The summed E-state index contributed by atoms with van der Waals surface area (Å²) < 4.78 is 27.4. The molecule has 2 N–H and O–H groups in total. The molecule has 6 nitrogen and oxygen atoms in total. The SMILES string of the molecule is CC(=O)N1CCCN(S(=O)(=O)c2cc(N)ccc2Br)CC1. The van der Waals surface area contributed by atoms with E-state index in [1.165, 1.54) is 17.3 Å². The third-order valence-electron chi connectivity index (χ3n) is 3.47. The molecule has 1 fully saturated rings. The standard InChI is InChI=1S/C13H18BrN3O3S/c1-10(18)16-5-2-6-17(8-7-16)21(19,20)13-9-11(15)3-4-12(13)14/h3-4,9H,2,5-8,15H2,1H3. The Morgan fingerprint density at radius 1 is 1.24 bits per heavy atom. The number of hydrogen-bond acceptors (Lipinski definition) is 4. The zero-order valence-corrected chi connectivity index (χ0v) is 14.2. The maximum atomic E-state index is 12.7. The first-order valence-corrected chi connectivity index (χ1v) is 8.86. The van der Waals surface area contributed by atoms with Gasteiger partial charge in [-0.15, -0.1) is 0 Å². The van der Waals surface area contributed by atoms with Gasteiger partial charge in [-0.2, -0.15) is 4.31 Å². The summed E-state index contributed by atoms with van der Waals surface area (Å²) in [5, 5.41) is 0. The molecule has 1 aliphatic heterocycles. The number of anilines is 1. The Kier molecular flexibility index (Phi) is 4.90. The fourth-order valence-electron chi connectivity index (χ4n) is 2.31. The van der Waals surface area contributed by atoms with Crippen LogP contribution in [0.4, 0.5) is 5.69 Å². The molecule has 0 spiro atoms. The normalized spacial score (nSPS) is 17.5. The van der Waals surface area contributed by atoms with Crippen LogP contribution in [0.15, 0.2) is 27.6 Å². The van der Waals surface area contributed by atoms with Crippen LogP contribution >= 0.6 is 15.9 Å². The highest BCUT2D eigenvalue weighted by Crippen LogP contribution is 2.27. The monoisotopic (exact) mass is 375 g/mol. The molecular formula is C13H18BrN3O3S. The average Bonchev–Trinajstić information content (AvgIpc) is 2.67. The van der Waals surface area contributed by atoms with Crippen molar-refractivity contribution in [3.63, 3.8) is 0 Å². The molecule has 1 saturated heterocycles. The molecular weight excluding hydrogens is 358 g/mol. The lowest BCUT2D eigenvalue weighted by molar-refractivity contribution is -0.128. The van der Waals surface area contributed by atoms with E-state index >= 15 is 0 Å². The third-order valence-corrected chi connectivity index (χ3v) is 6.37. The predicted molar refractivity (Wildman–Crippen MR) is 84.2 cm³/mol. The summed E-state index contributed by atoms with van der Waals surface area (Å²) in [5.74, 6) is -0.0283. The smallest absolute Gasteiger partial charge is 0.244 e. The van der Waals surface area contributed by atoms with Gasteiger partial charge in [-0.25, -0.2) is 8.42 Å².